The molecule has 0 saturated carbocycles. The van der Waals surface area contributed by atoms with Crippen LogP contribution in [0, 0.1) is 13.8 Å². The van der Waals surface area contributed by atoms with Gasteiger partial charge in [0.15, 0.2) is 0 Å². The molecule has 0 aliphatic heterocycles. The zero-order valence-corrected chi connectivity index (χ0v) is 20.3. The van der Waals surface area contributed by atoms with Crippen molar-refractivity contribution in [2.45, 2.75) is 66.2 Å². The molecular formula is C24H32F2N2O2Ti. The van der Waals surface area contributed by atoms with Crippen LogP contribution >= 0.6 is 0 Å². The topological polar surface area (TPSA) is 58.2 Å². The normalized spacial score (nSPS) is 9.68. The molecule has 2 amide bonds. The molecule has 0 aromatic heterocycles. The van der Waals surface area contributed by atoms with E-state index in [0.717, 1.165) is 71.9 Å². The first-order valence-electron chi connectivity index (χ1n) is 10.5. The van der Waals surface area contributed by atoms with Gasteiger partial charge in [0.1, 0.15) is 0 Å². The second kappa shape index (κ2) is 14.9. The Morgan fingerprint density at radius 1 is 0.742 bits per heavy atom. The van der Waals surface area contributed by atoms with E-state index in [4.69, 9.17) is 0 Å². The fraction of sp³-hybridized carbons (Fsp3) is 0.417. The molecule has 2 N–H and O–H groups in total. The fourth-order valence-electron chi connectivity index (χ4n) is 3.32. The van der Waals surface area contributed by atoms with Crippen molar-refractivity contribution < 1.29 is 38.7 Å². The molecule has 0 bridgehead atoms. The van der Waals surface area contributed by atoms with E-state index in [0.29, 0.717) is 0 Å². The van der Waals surface area contributed by atoms with Gasteiger partial charge in [-0.1, -0.05) is 0 Å². The number of benzene rings is 2. The smallest absolute Gasteiger partial charge is 1.00 e. The molecule has 0 unspecified atom stereocenters. The molecule has 0 aliphatic carbocycles. The van der Waals surface area contributed by atoms with Crippen LogP contribution in [-0.2, 0) is 32.5 Å². The minimum atomic E-state index is -1.12. The van der Waals surface area contributed by atoms with E-state index in [2.05, 4.69) is 33.6 Å². The maximum atomic E-state index is 12.7. The minimum absolute atomic E-state index is 0. The van der Waals surface area contributed by atoms with Gasteiger partial charge < -0.3 is 9.41 Å². The van der Waals surface area contributed by atoms with Gasteiger partial charge in [-0.15, -0.1) is 0 Å². The van der Waals surface area contributed by atoms with Crippen LogP contribution in [0.15, 0.2) is 36.4 Å². The molecule has 0 heterocycles. The third kappa shape index (κ3) is 8.92. The Kier molecular flexibility index (Phi) is 13.9. The summed E-state index contributed by atoms with van der Waals surface area (Å²) in [4.78, 5) is 25.4. The molecular weight excluding hydrogens is 434 g/mol. The van der Waals surface area contributed by atoms with Crippen molar-refractivity contribution >= 4 is 11.8 Å². The summed E-state index contributed by atoms with van der Waals surface area (Å²) < 4.78 is 5.93. The van der Waals surface area contributed by atoms with E-state index in [9.17, 15) is 9.59 Å². The molecule has 2 aromatic rings. The molecule has 7 heteroatoms. The summed E-state index contributed by atoms with van der Waals surface area (Å²) in [6.07, 6.45) is 6.11. The summed E-state index contributed by atoms with van der Waals surface area (Å²) in [5.41, 5.74) is 5.94. The monoisotopic (exact) mass is 466 g/mol. The van der Waals surface area contributed by atoms with E-state index in [1.165, 1.54) is 0 Å². The zero-order chi connectivity index (χ0) is 21.2. The van der Waals surface area contributed by atoms with E-state index < -0.39 is 19.7 Å². The predicted molar refractivity (Wildman–Crippen MR) is 115 cm³/mol. The Bertz CT molecular complexity index is 790. The fourth-order valence-corrected chi connectivity index (χ4v) is 4.19. The minimum Gasteiger partial charge on any atom is -1.00 e. The Hall–Kier alpha value is -2.05. The quantitative estimate of drug-likeness (QED) is 0.445. The number of amides is 2. The third-order valence-corrected chi connectivity index (χ3v) is 6.06. The molecule has 0 atom stereocenters. The maximum Gasteiger partial charge on any atom is -1.00 e. The average molecular weight is 466 g/mol. The Labute approximate surface area is 193 Å². The molecule has 0 radical (unpaired) electrons. The molecule has 0 spiro atoms. The van der Waals surface area contributed by atoms with Crippen molar-refractivity contribution in [3.8, 4) is 0 Å². The van der Waals surface area contributed by atoms with E-state index in [-0.39, 0.29) is 21.2 Å². The van der Waals surface area contributed by atoms with Gasteiger partial charge in [-0.2, -0.15) is 0 Å². The van der Waals surface area contributed by atoms with Crippen LogP contribution < -0.4 is 17.0 Å². The standard InChI is InChI=1S/2C12H17NO.2FH.Ti/c2*1-3-4-5-10-8-9(2)6-7-11(10)12(13)14;;;/h2*6-8H,3-5H2,1-2H3,(H2,13,14);2*1H;/q;;;;+4/p-4. The summed E-state index contributed by atoms with van der Waals surface area (Å²) in [5, 5.41) is 0. The van der Waals surface area contributed by atoms with E-state index >= 15 is 0 Å². The van der Waals surface area contributed by atoms with Crippen LogP contribution in [0.3, 0.4) is 0 Å². The van der Waals surface area contributed by atoms with Gasteiger partial charge >= 0.3 is 185 Å². The summed E-state index contributed by atoms with van der Waals surface area (Å²) >= 11 is -1.12. The molecule has 0 saturated heterocycles. The van der Waals surface area contributed by atoms with Crippen LogP contribution in [-0.4, -0.2) is 11.8 Å². The zero-order valence-electron chi connectivity index (χ0n) is 18.8. The van der Waals surface area contributed by atoms with E-state index in [1.807, 2.05) is 38.1 Å². The van der Waals surface area contributed by atoms with Crippen molar-refractivity contribution in [1.82, 2.24) is 7.60 Å². The summed E-state index contributed by atoms with van der Waals surface area (Å²) in [6.45, 7) is 8.39. The Balaban J connectivity index is 0.00000450. The van der Waals surface area contributed by atoms with Gasteiger partial charge in [-0.3, -0.25) is 0 Å². The average Bonchev–Trinajstić information content (AvgIpc) is 2.70. The van der Waals surface area contributed by atoms with Crippen molar-refractivity contribution in [3.63, 3.8) is 0 Å². The maximum absolute atomic E-state index is 12.7. The van der Waals surface area contributed by atoms with Gasteiger partial charge in [0, 0.05) is 0 Å². The SMILES string of the molecule is CCCCc1cc(C)ccc1C(=O)[NH][Ti+2][NH]C(=O)c1ccc(C)cc1CCCC.[F-].[F-]. The second-order valence-corrected chi connectivity index (χ2v) is 8.73. The van der Waals surface area contributed by atoms with Crippen molar-refractivity contribution in [1.29, 1.82) is 0 Å². The van der Waals surface area contributed by atoms with Gasteiger partial charge in [0.25, 0.3) is 0 Å². The molecule has 168 valence electrons. The van der Waals surface area contributed by atoms with Crippen LogP contribution in [0.4, 0.5) is 0 Å². The Morgan fingerprint density at radius 2 is 1.13 bits per heavy atom. The number of hydrogen-bond donors (Lipinski definition) is 2. The van der Waals surface area contributed by atoms with Crippen LogP contribution in [0.5, 0.6) is 0 Å². The molecule has 31 heavy (non-hydrogen) atoms. The van der Waals surface area contributed by atoms with Gasteiger partial charge in [0.2, 0.25) is 0 Å². The summed E-state index contributed by atoms with van der Waals surface area (Å²) in [6, 6.07) is 11.9. The molecule has 2 rings (SSSR count). The largest absolute Gasteiger partial charge is 1.00 e. The van der Waals surface area contributed by atoms with Crippen LogP contribution in [0.1, 0.15) is 82.5 Å². The van der Waals surface area contributed by atoms with Crippen LogP contribution in [0.25, 0.3) is 0 Å². The summed E-state index contributed by atoms with van der Waals surface area (Å²) in [7, 11) is 0. The molecule has 0 aliphatic rings. The van der Waals surface area contributed by atoms with E-state index in [1.54, 1.807) is 0 Å². The number of halogens is 2. The number of carbonyl (C=O) groups excluding carboxylic acids is 2. The number of aryl methyl sites for hydroxylation is 4. The Morgan fingerprint density at radius 3 is 1.48 bits per heavy atom. The number of rotatable bonds is 10. The van der Waals surface area contributed by atoms with Gasteiger partial charge in [0.05, 0.1) is 0 Å². The molecule has 0 fully saturated rings. The van der Waals surface area contributed by atoms with Crippen molar-refractivity contribution in [2.24, 2.45) is 0 Å². The van der Waals surface area contributed by atoms with Crippen LogP contribution in [0.2, 0.25) is 0 Å². The number of hydrogen-bond acceptors (Lipinski definition) is 2. The van der Waals surface area contributed by atoms with Gasteiger partial charge in [-0.05, 0) is 0 Å². The first kappa shape index (κ1) is 29.0. The predicted octanol–water partition coefficient (Wildman–Crippen LogP) is -0.931. The molecule has 2 aromatic carbocycles. The summed E-state index contributed by atoms with van der Waals surface area (Å²) in [5.74, 6) is -0.182. The van der Waals surface area contributed by atoms with Crippen molar-refractivity contribution in [3.05, 3.63) is 69.8 Å². The van der Waals surface area contributed by atoms with Gasteiger partial charge in [-0.25, -0.2) is 0 Å². The second-order valence-electron chi connectivity index (χ2n) is 7.56. The molecule has 4 nitrogen and oxygen atoms in total. The number of carbonyl (C=O) groups is 2. The van der Waals surface area contributed by atoms with Crippen molar-refractivity contribution in [2.75, 3.05) is 0 Å². The number of nitrogens with one attached hydrogen (secondary N) is 2. The third-order valence-electron chi connectivity index (χ3n) is 4.96. The first-order chi connectivity index (χ1) is 14.0. The number of unbranched alkanes of at least 4 members (excludes halogenated alkanes) is 2. The first-order valence-corrected chi connectivity index (χ1v) is 12.1.